The summed E-state index contributed by atoms with van der Waals surface area (Å²) in [5.41, 5.74) is 10.0. The maximum Gasteiger partial charge on any atom is 0.254 e. The first-order valence-electron chi connectivity index (χ1n) is 6.41. The van der Waals surface area contributed by atoms with Crippen LogP contribution in [0.5, 0.6) is 0 Å². The van der Waals surface area contributed by atoms with E-state index in [1.54, 1.807) is 6.07 Å². The highest BCUT2D eigenvalue weighted by molar-refractivity contribution is 5.95. The van der Waals surface area contributed by atoms with E-state index in [-0.39, 0.29) is 11.1 Å². The molecule has 0 unspecified atom stereocenters. The maximum atomic E-state index is 11.6. The van der Waals surface area contributed by atoms with Crippen LogP contribution < -0.4 is 16.7 Å². The Kier molecular flexibility index (Phi) is 3.39. The van der Waals surface area contributed by atoms with Gasteiger partial charge >= 0.3 is 0 Å². The van der Waals surface area contributed by atoms with Gasteiger partial charge in [0.25, 0.3) is 5.91 Å². The summed E-state index contributed by atoms with van der Waals surface area (Å²) in [4.78, 5) is 11.6. The van der Waals surface area contributed by atoms with Gasteiger partial charge in [0, 0.05) is 5.39 Å². The van der Waals surface area contributed by atoms with Crippen molar-refractivity contribution in [3.63, 3.8) is 0 Å². The second-order valence-corrected chi connectivity index (χ2v) is 4.46. The van der Waals surface area contributed by atoms with Crippen molar-refractivity contribution in [2.45, 2.75) is 0 Å². The van der Waals surface area contributed by atoms with Crippen LogP contribution >= 0.6 is 0 Å². The molecule has 1 amide bonds. The molecule has 0 atom stereocenters. The fraction of sp³-hybridized carbons (Fsp3) is 0. The quantitative estimate of drug-likeness (QED) is 0.723. The van der Waals surface area contributed by atoms with Crippen LogP contribution in [0.2, 0.25) is 0 Å². The number of primary amides is 1. The normalized spacial score (nSPS) is 11.5. The number of nitrogens with two attached hydrogens (primary N) is 1. The first kappa shape index (κ1) is 12.9. The van der Waals surface area contributed by atoms with Crippen molar-refractivity contribution in [2.24, 2.45) is 10.8 Å². The number of hydrogen-bond donors (Lipinski definition) is 2. The van der Waals surface area contributed by atoms with E-state index in [9.17, 15) is 4.79 Å². The number of fused-ring (bicyclic) bond motifs is 1. The van der Waals surface area contributed by atoms with Gasteiger partial charge in [-0.1, -0.05) is 36.4 Å². The molecule has 5 heteroatoms. The van der Waals surface area contributed by atoms with E-state index in [1.807, 2.05) is 54.6 Å². The van der Waals surface area contributed by atoms with Gasteiger partial charge in [-0.25, -0.2) is 0 Å². The number of nitrogens with one attached hydrogen (secondary N) is 1. The largest absolute Gasteiger partial charge is 0.436 e. The lowest BCUT2D eigenvalue weighted by Crippen LogP contribution is -2.22. The minimum atomic E-state index is -0.585. The molecule has 0 aliphatic heterocycles. The highest BCUT2D eigenvalue weighted by Crippen LogP contribution is 2.12. The lowest BCUT2D eigenvalue weighted by Gasteiger charge is -2.02. The lowest BCUT2D eigenvalue weighted by molar-refractivity contribution is 0.0996. The van der Waals surface area contributed by atoms with Crippen molar-refractivity contribution in [1.82, 2.24) is 0 Å². The lowest BCUT2D eigenvalue weighted by atomic mass is 10.2. The fourth-order valence-corrected chi connectivity index (χ4v) is 1.96. The van der Waals surface area contributed by atoms with Gasteiger partial charge < -0.3 is 10.2 Å². The van der Waals surface area contributed by atoms with Gasteiger partial charge in [0.05, 0.1) is 5.69 Å². The second-order valence-electron chi connectivity index (χ2n) is 4.46. The number of amides is 1. The SMILES string of the molecule is NC(=O)c1cc2ccccc2o/c1=N/Nc1ccccc1. The number of anilines is 1. The third-order valence-electron chi connectivity index (χ3n) is 2.98. The van der Waals surface area contributed by atoms with E-state index < -0.39 is 5.91 Å². The predicted octanol–water partition coefficient (Wildman–Crippen LogP) is 2.46. The minimum Gasteiger partial charge on any atom is -0.436 e. The molecular weight excluding hydrogens is 266 g/mol. The maximum absolute atomic E-state index is 11.6. The van der Waals surface area contributed by atoms with Crippen LogP contribution in [-0.4, -0.2) is 5.91 Å². The Morgan fingerprint density at radius 1 is 1.05 bits per heavy atom. The van der Waals surface area contributed by atoms with Crippen LogP contribution in [0.1, 0.15) is 10.4 Å². The molecular formula is C16H13N3O2. The molecule has 0 saturated heterocycles. The highest BCUT2D eigenvalue weighted by Gasteiger charge is 2.08. The third kappa shape index (κ3) is 2.76. The van der Waals surface area contributed by atoms with E-state index in [1.165, 1.54) is 0 Å². The van der Waals surface area contributed by atoms with Gasteiger partial charge in [-0.3, -0.25) is 10.2 Å². The molecule has 5 nitrogen and oxygen atoms in total. The van der Waals surface area contributed by atoms with Crippen molar-refractivity contribution in [1.29, 1.82) is 0 Å². The Bertz CT molecular complexity index is 854. The smallest absolute Gasteiger partial charge is 0.254 e. The zero-order chi connectivity index (χ0) is 14.7. The van der Waals surface area contributed by atoms with E-state index in [0.29, 0.717) is 5.58 Å². The van der Waals surface area contributed by atoms with Crippen LogP contribution in [0.3, 0.4) is 0 Å². The molecule has 0 spiro atoms. The summed E-state index contributed by atoms with van der Waals surface area (Å²) in [5.74, 6) is -0.585. The Morgan fingerprint density at radius 2 is 1.76 bits per heavy atom. The number of rotatable bonds is 3. The Labute approximate surface area is 120 Å². The monoisotopic (exact) mass is 279 g/mol. The Balaban J connectivity index is 2.11. The summed E-state index contributed by atoms with van der Waals surface area (Å²) in [6, 6.07) is 18.4. The zero-order valence-electron chi connectivity index (χ0n) is 11.1. The summed E-state index contributed by atoms with van der Waals surface area (Å²) in [7, 11) is 0. The summed E-state index contributed by atoms with van der Waals surface area (Å²) >= 11 is 0. The average Bonchev–Trinajstić information content (AvgIpc) is 2.53. The molecule has 0 aliphatic carbocycles. The second kappa shape index (κ2) is 5.50. The van der Waals surface area contributed by atoms with Crippen molar-refractivity contribution in [3.8, 4) is 0 Å². The van der Waals surface area contributed by atoms with Gasteiger partial charge in [0.2, 0.25) is 5.55 Å². The molecule has 3 N–H and O–H groups in total. The number of hydrogen-bond acceptors (Lipinski definition) is 4. The number of para-hydroxylation sites is 2. The molecule has 0 bridgehead atoms. The number of carbonyl (C=O) groups excluding carboxylic acids is 1. The van der Waals surface area contributed by atoms with E-state index >= 15 is 0 Å². The van der Waals surface area contributed by atoms with Crippen molar-refractivity contribution in [2.75, 3.05) is 5.43 Å². The summed E-state index contributed by atoms with van der Waals surface area (Å²) in [6.45, 7) is 0. The minimum absolute atomic E-state index is 0.157. The van der Waals surface area contributed by atoms with Gasteiger partial charge in [0.15, 0.2) is 0 Å². The molecule has 0 fully saturated rings. The Hall–Kier alpha value is -3.08. The molecule has 3 aromatic rings. The first-order valence-corrected chi connectivity index (χ1v) is 6.41. The zero-order valence-corrected chi connectivity index (χ0v) is 11.1. The third-order valence-corrected chi connectivity index (χ3v) is 2.98. The predicted molar refractivity (Wildman–Crippen MR) is 80.4 cm³/mol. The van der Waals surface area contributed by atoms with Crippen LogP contribution in [0.15, 0.2) is 70.2 Å². The van der Waals surface area contributed by atoms with Crippen molar-refractivity contribution >= 4 is 22.6 Å². The fourth-order valence-electron chi connectivity index (χ4n) is 1.96. The molecule has 3 rings (SSSR count). The molecule has 0 saturated carbocycles. The molecule has 21 heavy (non-hydrogen) atoms. The number of benzene rings is 2. The number of carbonyl (C=O) groups is 1. The van der Waals surface area contributed by atoms with Gasteiger partial charge in [0.1, 0.15) is 11.1 Å². The molecule has 1 heterocycles. The first-order chi connectivity index (χ1) is 10.2. The standard InChI is InChI=1S/C16H13N3O2/c17-15(20)13-10-11-6-4-5-9-14(11)21-16(13)19-18-12-7-2-1-3-8-12/h1-10,18H,(H2,17,20)/b19-16+. The van der Waals surface area contributed by atoms with E-state index in [2.05, 4.69) is 10.5 Å². The van der Waals surface area contributed by atoms with E-state index in [0.717, 1.165) is 11.1 Å². The molecule has 0 aliphatic rings. The van der Waals surface area contributed by atoms with Crippen LogP contribution in [0.4, 0.5) is 5.69 Å². The molecule has 1 aromatic heterocycles. The van der Waals surface area contributed by atoms with Gasteiger partial charge in [-0.15, -0.1) is 5.10 Å². The highest BCUT2D eigenvalue weighted by atomic mass is 16.3. The van der Waals surface area contributed by atoms with Crippen LogP contribution in [-0.2, 0) is 0 Å². The summed E-state index contributed by atoms with van der Waals surface area (Å²) in [5, 5.41) is 4.93. The topological polar surface area (TPSA) is 80.6 Å². The number of nitrogens with zero attached hydrogens (tertiary/aromatic N) is 1. The van der Waals surface area contributed by atoms with Gasteiger partial charge in [-0.05, 0) is 24.3 Å². The van der Waals surface area contributed by atoms with Crippen molar-refractivity contribution < 1.29 is 9.21 Å². The molecule has 104 valence electrons. The van der Waals surface area contributed by atoms with Crippen LogP contribution in [0.25, 0.3) is 11.0 Å². The summed E-state index contributed by atoms with van der Waals surface area (Å²) < 4.78 is 5.65. The van der Waals surface area contributed by atoms with Crippen LogP contribution in [0, 0.1) is 0 Å². The molecule has 2 aromatic carbocycles. The molecule has 0 radical (unpaired) electrons. The Morgan fingerprint density at radius 3 is 2.52 bits per heavy atom. The van der Waals surface area contributed by atoms with E-state index in [4.69, 9.17) is 10.2 Å². The summed E-state index contributed by atoms with van der Waals surface area (Å²) in [6.07, 6.45) is 0. The van der Waals surface area contributed by atoms with Gasteiger partial charge in [-0.2, -0.15) is 0 Å². The average molecular weight is 279 g/mol. The van der Waals surface area contributed by atoms with Crippen molar-refractivity contribution in [3.05, 3.63) is 71.8 Å².